The van der Waals surface area contributed by atoms with Crippen LogP contribution in [0.25, 0.3) is 0 Å². The molecule has 0 amide bonds. The fourth-order valence-corrected chi connectivity index (χ4v) is 4.10. The van der Waals surface area contributed by atoms with Crippen LogP contribution in [-0.4, -0.2) is 26.2 Å². The Kier molecular flexibility index (Phi) is 5.50. The van der Waals surface area contributed by atoms with Gasteiger partial charge in [-0.3, -0.25) is 14.7 Å². The average Bonchev–Trinajstić information content (AvgIpc) is 3.09. The maximum Gasteiger partial charge on any atom is 0.348 e. The van der Waals surface area contributed by atoms with Gasteiger partial charge in [-0.25, -0.2) is 4.79 Å². The molecule has 0 unspecified atom stereocenters. The van der Waals surface area contributed by atoms with Crippen molar-refractivity contribution in [1.29, 1.82) is 0 Å². The zero-order valence-corrected chi connectivity index (χ0v) is 14.5. The SMILES string of the molecule is O=c1nc(SCc2cccc([N+](=O)[O-])c2)c2c(n1CCCO)CCC2. The van der Waals surface area contributed by atoms with Gasteiger partial charge in [-0.1, -0.05) is 12.1 Å². The molecule has 132 valence electrons. The Morgan fingerprint density at radius 2 is 2.20 bits per heavy atom. The van der Waals surface area contributed by atoms with E-state index in [0.29, 0.717) is 18.7 Å². The molecule has 0 saturated heterocycles. The van der Waals surface area contributed by atoms with Crippen LogP contribution < -0.4 is 5.69 Å². The fraction of sp³-hybridized carbons (Fsp3) is 0.412. The number of nitro groups is 1. The van der Waals surface area contributed by atoms with Crippen molar-refractivity contribution >= 4 is 17.4 Å². The number of nitro benzene ring substituents is 1. The van der Waals surface area contributed by atoms with E-state index in [1.54, 1.807) is 16.7 Å². The van der Waals surface area contributed by atoms with Gasteiger partial charge in [0.2, 0.25) is 0 Å². The topological polar surface area (TPSA) is 98.3 Å². The monoisotopic (exact) mass is 361 g/mol. The first-order chi connectivity index (χ1) is 12.1. The Morgan fingerprint density at radius 1 is 1.36 bits per heavy atom. The summed E-state index contributed by atoms with van der Waals surface area (Å²) in [7, 11) is 0. The second-order valence-electron chi connectivity index (χ2n) is 5.92. The molecule has 1 N–H and O–H groups in total. The summed E-state index contributed by atoms with van der Waals surface area (Å²) in [6, 6.07) is 6.52. The number of non-ortho nitro benzene ring substituents is 1. The first-order valence-corrected chi connectivity index (χ1v) is 9.18. The Morgan fingerprint density at radius 3 is 2.96 bits per heavy atom. The van der Waals surface area contributed by atoms with Crippen LogP contribution in [0, 0.1) is 10.1 Å². The number of nitrogens with zero attached hydrogens (tertiary/aromatic N) is 3. The minimum atomic E-state index is -0.410. The molecule has 0 fully saturated rings. The van der Waals surface area contributed by atoms with Gasteiger partial charge >= 0.3 is 5.69 Å². The van der Waals surface area contributed by atoms with E-state index in [4.69, 9.17) is 5.11 Å². The van der Waals surface area contributed by atoms with Crippen LogP contribution in [0.5, 0.6) is 0 Å². The Balaban J connectivity index is 1.83. The number of aromatic nitrogens is 2. The molecule has 0 aliphatic heterocycles. The molecule has 1 aromatic carbocycles. The number of hydrogen-bond donors (Lipinski definition) is 1. The van der Waals surface area contributed by atoms with Crippen LogP contribution in [-0.2, 0) is 25.1 Å². The van der Waals surface area contributed by atoms with Crippen molar-refractivity contribution < 1.29 is 10.0 Å². The lowest BCUT2D eigenvalue weighted by Gasteiger charge is -2.13. The van der Waals surface area contributed by atoms with Gasteiger partial charge in [0.15, 0.2) is 0 Å². The van der Waals surface area contributed by atoms with Crippen LogP contribution in [0.2, 0.25) is 0 Å². The third kappa shape index (κ3) is 3.91. The minimum Gasteiger partial charge on any atom is -0.396 e. The highest BCUT2D eigenvalue weighted by Crippen LogP contribution is 2.31. The standard InChI is InChI=1S/C17H19N3O4S/c21-9-3-8-19-15-7-2-6-14(15)16(18-17(19)22)25-11-12-4-1-5-13(10-12)20(23)24/h1,4-5,10,21H,2-3,6-9,11H2. The van der Waals surface area contributed by atoms with E-state index in [2.05, 4.69) is 4.98 Å². The van der Waals surface area contributed by atoms with Crippen molar-refractivity contribution in [1.82, 2.24) is 9.55 Å². The molecule has 2 aromatic rings. The summed E-state index contributed by atoms with van der Waals surface area (Å²) in [4.78, 5) is 27.0. The summed E-state index contributed by atoms with van der Waals surface area (Å²) in [6.45, 7) is 0.533. The zero-order chi connectivity index (χ0) is 17.8. The molecule has 1 heterocycles. The average molecular weight is 361 g/mol. The molecule has 7 nitrogen and oxygen atoms in total. The lowest BCUT2D eigenvalue weighted by molar-refractivity contribution is -0.384. The molecule has 0 radical (unpaired) electrons. The second kappa shape index (κ2) is 7.79. The van der Waals surface area contributed by atoms with Gasteiger partial charge in [-0.05, 0) is 31.2 Å². The Hall–Kier alpha value is -2.19. The summed E-state index contributed by atoms with van der Waals surface area (Å²) < 4.78 is 1.68. The second-order valence-corrected chi connectivity index (χ2v) is 6.89. The highest BCUT2D eigenvalue weighted by Gasteiger charge is 2.21. The van der Waals surface area contributed by atoms with E-state index < -0.39 is 4.92 Å². The van der Waals surface area contributed by atoms with Crippen molar-refractivity contribution in [3.63, 3.8) is 0 Å². The van der Waals surface area contributed by atoms with Crippen LogP contribution in [0.4, 0.5) is 5.69 Å². The summed E-state index contributed by atoms with van der Waals surface area (Å²) in [5.74, 6) is 0.529. The number of rotatable bonds is 7. The van der Waals surface area contributed by atoms with Crippen LogP contribution >= 0.6 is 11.8 Å². The summed E-state index contributed by atoms with van der Waals surface area (Å²) in [5.41, 5.74) is 2.74. The molecule has 8 heteroatoms. The van der Waals surface area contributed by atoms with Gasteiger partial charge in [0, 0.05) is 42.3 Å². The number of benzene rings is 1. The van der Waals surface area contributed by atoms with E-state index in [9.17, 15) is 14.9 Å². The summed E-state index contributed by atoms with van der Waals surface area (Å²) in [6.07, 6.45) is 3.26. The number of thioether (sulfide) groups is 1. The molecule has 0 saturated carbocycles. The first-order valence-electron chi connectivity index (χ1n) is 8.19. The number of aliphatic hydroxyl groups is 1. The largest absolute Gasteiger partial charge is 0.396 e. The van der Waals surface area contributed by atoms with E-state index in [1.165, 1.54) is 17.8 Å². The maximum absolute atomic E-state index is 12.3. The van der Waals surface area contributed by atoms with E-state index in [0.717, 1.165) is 41.1 Å². The predicted octanol–water partition coefficient (Wildman–Crippen LogP) is 2.31. The highest BCUT2D eigenvalue weighted by molar-refractivity contribution is 7.98. The maximum atomic E-state index is 12.3. The third-order valence-electron chi connectivity index (χ3n) is 4.24. The molecule has 1 aliphatic rings. The Bertz CT molecular complexity index is 850. The van der Waals surface area contributed by atoms with E-state index >= 15 is 0 Å². The normalized spacial score (nSPS) is 13.0. The van der Waals surface area contributed by atoms with Crippen LogP contribution in [0.15, 0.2) is 34.1 Å². The van der Waals surface area contributed by atoms with Gasteiger partial charge in [0.25, 0.3) is 5.69 Å². The van der Waals surface area contributed by atoms with Crippen LogP contribution in [0.3, 0.4) is 0 Å². The van der Waals surface area contributed by atoms with Crippen molar-refractivity contribution in [3.8, 4) is 0 Å². The molecule has 25 heavy (non-hydrogen) atoms. The fourth-order valence-electron chi connectivity index (χ4n) is 3.08. The van der Waals surface area contributed by atoms with Crippen molar-refractivity contribution in [2.24, 2.45) is 0 Å². The predicted molar refractivity (Wildman–Crippen MR) is 94.9 cm³/mol. The van der Waals surface area contributed by atoms with Crippen molar-refractivity contribution in [2.45, 2.75) is 43.0 Å². The van der Waals surface area contributed by atoms with Gasteiger partial charge in [0.05, 0.1) is 4.92 Å². The molecular formula is C17H19N3O4S. The third-order valence-corrected chi connectivity index (χ3v) is 5.33. The van der Waals surface area contributed by atoms with Crippen molar-refractivity contribution in [2.75, 3.05) is 6.61 Å². The molecule has 0 atom stereocenters. The van der Waals surface area contributed by atoms with E-state index in [1.807, 2.05) is 6.07 Å². The minimum absolute atomic E-state index is 0.0461. The number of aliphatic hydroxyl groups excluding tert-OH is 1. The lowest BCUT2D eigenvalue weighted by atomic mass is 10.2. The molecule has 3 rings (SSSR count). The first kappa shape index (κ1) is 17.6. The highest BCUT2D eigenvalue weighted by atomic mass is 32.2. The molecule has 1 aromatic heterocycles. The van der Waals surface area contributed by atoms with E-state index in [-0.39, 0.29) is 18.0 Å². The Labute approximate surface area is 148 Å². The van der Waals surface area contributed by atoms with Gasteiger partial charge in [-0.2, -0.15) is 4.98 Å². The molecular weight excluding hydrogens is 342 g/mol. The van der Waals surface area contributed by atoms with Gasteiger partial charge in [-0.15, -0.1) is 11.8 Å². The summed E-state index contributed by atoms with van der Waals surface area (Å²) in [5, 5.41) is 20.6. The molecule has 0 spiro atoms. The van der Waals surface area contributed by atoms with Crippen molar-refractivity contribution in [3.05, 3.63) is 61.7 Å². The zero-order valence-electron chi connectivity index (χ0n) is 13.7. The number of hydrogen-bond acceptors (Lipinski definition) is 6. The van der Waals surface area contributed by atoms with Gasteiger partial charge < -0.3 is 5.11 Å². The lowest BCUT2D eigenvalue weighted by Crippen LogP contribution is -2.27. The molecule has 0 bridgehead atoms. The quantitative estimate of drug-likeness (QED) is 0.352. The molecule has 1 aliphatic carbocycles. The van der Waals surface area contributed by atoms with Crippen LogP contribution in [0.1, 0.15) is 29.7 Å². The number of fused-ring (bicyclic) bond motifs is 1. The van der Waals surface area contributed by atoms with Gasteiger partial charge in [0.1, 0.15) is 5.03 Å². The smallest absolute Gasteiger partial charge is 0.348 e. The summed E-state index contributed by atoms with van der Waals surface area (Å²) >= 11 is 1.45.